The Balaban J connectivity index is 1.47. The first-order chi connectivity index (χ1) is 13.7. The second-order valence-electron chi connectivity index (χ2n) is 6.11. The van der Waals surface area contributed by atoms with Gasteiger partial charge in [0.05, 0.1) is 18.4 Å². The molecule has 0 saturated heterocycles. The lowest BCUT2D eigenvalue weighted by Gasteiger charge is -2.11. The number of hydrogen-bond acceptors (Lipinski definition) is 5. The summed E-state index contributed by atoms with van der Waals surface area (Å²) in [5, 5.41) is 15.6. The van der Waals surface area contributed by atoms with Gasteiger partial charge in [-0.25, -0.2) is 0 Å². The summed E-state index contributed by atoms with van der Waals surface area (Å²) >= 11 is 6.06. The summed E-state index contributed by atoms with van der Waals surface area (Å²) in [6.07, 6.45) is 3.41. The number of halogens is 1. The molecule has 2 aromatic heterocycles. The minimum Gasteiger partial charge on any atom is -0.497 e. The third kappa shape index (κ3) is 3.54. The molecule has 142 valence electrons. The molecule has 28 heavy (non-hydrogen) atoms. The van der Waals surface area contributed by atoms with Gasteiger partial charge in [0.1, 0.15) is 12.1 Å². The smallest absolute Gasteiger partial charge is 0.253 e. The predicted molar refractivity (Wildman–Crippen MR) is 105 cm³/mol. The van der Waals surface area contributed by atoms with E-state index >= 15 is 0 Å². The van der Waals surface area contributed by atoms with Crippen molar-refractivity contribution in [3.8, 4) is 11.4 Å². The fourth-order valence-corrected chi connectivity index (χ4v) is 3.21. The molecule has 0 spiro atoms. The third-order valence-electron chi connectivity index (χ3n) is 4.42. The number of methoxy groups -OCH3 is 1. The summed E-state index contributed by atoms with van der Waals surface area (Å²) in [4.78, 5) is 12.7. The second-order valence-corrected chi connectivity index (χ2v) is 6.54. The SMILES string of the molecule is COc1ccc2c(ccn2CCNC(=O)c2ccc(Cl)cc2-n2cnnn2)c1. The van der Waals surface area contributed by atoms with E-state index in [1.54, 1.807) is 25.3 Å². The summed E-state index contributed by atoms with van der Waals surface area (Å²) < 4.78 is 8.74. The van der Waals surface area contributed by atoms with Crippen LogP contribution < -0.4 is 10.1 Å². The molecule has 1 N–H and O–H groups in total. The van der Waals surface area contributed by atoms with Crippen LogP contribution in [0.15, 0.2) is 55.0 Å². The topological polar surface area (TPSA) is 86.9 Å². The molecule has 0 aliphatic rings. The zero-order valence-electron chi connectivity index (χ0n) is 15.0. The Labute approximate surface area is 165 Å². The van der Waals surface area contributed by atoms with Gasteiger partial charge in [-0.15, -0.1) is 5.10 Å². The van der Waals surface area contributed by atoms with Crippen LogP contribution >= 0.6 is 11.6 Å². The van der Waals surface area contributed by atoms with Crippen molar-refractivity contribution < 1.29 is 9.53 Å². The van der Waals surface area contributed by atoms with Crippen LogP contribution in [0, 0.1) is 0 Å². The van der Waals surface area contributed by atoms with Crippen molar-refractivity contribution in [3.63, 3.8) is 0 Å². The zero-order valence-corrected chi connectivity index (χ0v) is 15.8. The van der Waals surface area contributed by atoms with E-state index in [2.05, 4.69) is 25.4 Å². The number of fused-ring (bicyclic) bond motifs is 1. The minimum absolute atomic E-state index is 0.222. The first-order valence-electron chi connectivity index (χ1n) is 8.60. The Hall–Kier alpha value is -3.39. The number of tetrazole rings is 1. The first kappa shape index (κ1) is 18.0. The van der Waals surface area contributed by atoms with Gasteiger partial charge >= 0.3 is 0 Å². The molecule has 0 fully saturated rings. The average Bonchev–Trinajstić information content (AvgIpc) is 3.37. The van der Waals surface area contributed by atoms with Crippen LogP contribution in [-0.2, 0) is 6.54 Å². The number of nitrogens with zero attached hydrogens (tertiary/aromatic N) is 5. The fraction of sp³-hybridized carbons (Fsp3) is 0.158. The highest BCUT2D eigenvalue weighted by Crippen LogP contribution is 2.22. The minimum atomic E-state index is -0.222. The number of amides is 1. The van der Waals surface area contributed by atoms with E-state index in [0.29, 0.717) is 29.4 Å². The van der Waals surface area contributed by atoms with Gasteiger partial charge in [0, 0.05) is 35.2 Å². The van der Waals surface area contributed by atoms with Gasteiger partial charge in [0.25, 0.3) is 5.91 Å². The molecule has 0 saturated carbocycles. The Kier molecular flexibility index (Phi) is 4.94. The standard InChI is InChI=1S/C19H17ClN6O2/c1-28-15-3-5-17-13(10-15)6-8-25(17)9-7-21-19(27)16-4-2-14(20)11-18(16)26-12-22-23-24-26/h2-6,8,10-12H,7,9H2,1H3,(H,21,27). The van der Waals surface area contributed by atoms with Crippen molar-refractivity contribution >= 4 is 28.4 Å². The quantitative estimate of drug-likeness (QED) is 0.541. The maximum absolute atomic E-state index is 12.7. The van der Waals surface area contributed by atoms with Gasteiger partial charge in [-0.2, -0.15) is 4.68 Å². The highest BCUT2D eigenvalue weighted by Gasteiger charge is 2.14. The summed E-state index contributed by atoms with van der Waals surface area (Å²) in [5.41, 5.74) is 2.04. The molecule has 1 amide bonds. The molecular formula is C19H17ClN6O2. The summed E-state index contributed by atoms with van der Waals surface area (Å²) in [6, 6.07) is 12.9. The Bertz CT molecular complexity index is 1120. The monoisotopic (exact) mass is 396 g/mol. The van der Waals surface area contributed by atoms with Crippen molar-refractivity contribution in [1.29, 1.82) is 0 Å². The Morgan fingerprint density at radius 1 is 1.21 bits per heavy atom. The van der Waals surface area contributed by atoms with E-state index in [1.165, 1.54) is 11.0 Å². The van der Waals surface area contributed by atoms with Crippen LogP contribution in [0.3, 0.4) is 0 Å². The second kappa shape index (κ2) is 7.69. The van der Waals surface area contributed by atoms with E-state index in [0.717, 1.165) is 16.7 Å². The van der Waals surface area contributed by atoms with Crippen molar-refractivity contribution in [2.45, 2.75) is 6.54 Å². The highest BCUT2D eigenvalue weighted by molar-refractivity contribution is 6.31. The molecule has 4 aromatic rings. The Morgan fingerprint density at radius 2 is 2.11 bits per heavy atom. The third-order valence-corrected chi connectivity index (χ3v) is 4.65. The van der Waals surface area contributed by atoms with Gasteiger partial charge < -0.3 is 14.6 Å². The molecular weight excluding hydrogens is 380 g/mol. The number of rotatable bonds is 6. The van der Waals surface area contributed by atoms with Crippen LogP contribution in [0.5, 0.6) is 5.75 Å². The molecule has 8 nitrogen and oxygen atoms in total. The first-order valence-corrected chi connectivity index (χ1v) is 8.97. The number of nitrogens with one attached hydrogen (secondary N) is 1. The van der Waals surface area contributed by atoms with Gasteiger partial charge in [0.15, 0.2) is 0 Å². The highest BCUT2D eigenvalue weighted by atomic mass is 35.5. The van der Waals surface area contributed by atoms with Crippen LogP contribution in [0.4, 0.5) is 0 Å². The van der Waals surface area contributed by atoms with Gasteiger partial charge in [-0.1, -0.05) is 11.6 Å². The van der Waals surface area contributed by atoms with E-state index < -0.39 is 0 Å². The summed E-state index contributed by atoms with van der Waals surface area (Å²) in [7, 11) is 1.65. The summed E-state index contributed by atoms with van der Waals surface area (Å²) in [5.74, 6) is 0.594. The van der Waals surface area contributed by atoms with E-state index in [4.69, 9.17) is 16.3 Å². The molecule has 2 aromatic carbocycles. The molecule has 2 heterocycles. The molecule has 0 radical (unpaired) electrons. The van der Waals surface area contributed by atoms with Crippen molar-refractivity contribution in [2.75, 3.05) is 13.7 Å². The molecule has 0 aliphatic heterocycles. The lowest BCUT2D eigenvalue weighted by Crippen LogP contribution is -2.28. The normalized spacial score (nSPS) is 10.9. The van der Waals surface area contributed by atoms with Gasteiger partial charge in [-0.05, 0) is 52.9 Å². The Morgan fingerprint density at radius 3 is 2.89 bits per heavy atom. The van der Waals surface area contributed by atoms with Crippen molar-refractivity contribution in [3.05, 3.63) is 65.6 Å². The van der Waals surface area contributed by atoms with Crippen molar-refractivity contribution in [1.82, 2.24) is 30.1 Å². The van der Waals surface area contributed by atoms with Crippen LogP contribution in [0.2, 0.25) is 5.02 Å². The van der Waals surface area contributed by atoms with Crippen LogP contribution in [-0.4, -0.2) is 44.3 Å². The number of hydrogen-bond donors (Lipinski definition) is 1. The zero-order chi connectivity index (χ0) is 19.5. The average molecular weight is 397 g/mol. The van der Waals surface area contributed by atoms with Gasteiger partial charge in [0.2, 0.25) is 0 Å². The number of ether oxygens (including phenoxy) is 1. The number of carbonyl (C=O) groups excluding carboxylic acids is 1. The summed E-state index contributed by atoms with van der Waals surface area (Å²) in [6.45, 7) is 1.10. The lowest BCUT2D eigenvalue weighted by atomic mass is 10.1. The molecule has 0 bridgehead atoms. The molecule has 0 unspecified atom stereocenters. The lowest BCUT2D eigenvalue weighted by molar-refractivity contribution is 0.0952. The van der Waals surface area contributed by atoms with E-state index in [1.807, 2.05) is 30.5 Å². The van der Waals surface area contributed by atoms with Crippen molar-refractivity contribution in [2.24, 2.45) is 0 Å². The van der Waals surface area contributed by atoms with Gasteiger partial charge in [-0.3, -0.25) is 4.79 Å². The predicted octanol–water partition coefficient (Wildman–Crippen LogP) is 2.71. The fourth-order valence-electron chi connectivity index (χ4n) is 3.04. The van der Waals surface area contributed by atoms with E-state index in [-0.39, 0.29) is 5.91 Å². The maximum atomic E-state index is 12.7. The molecule has 4 rings (SSSR count). The number of aromatic nitrogens is 5. The largest absolute Gasteiger partial charge is 0.497 e. The number of benzene rings is 2. The molecule has 9 heteroatoms. The maximum Gasteiger partial charge on any atom is 0.253 e. The van der Waals surface area contributed by atoms with E-state index in [9.17, 15) is 4.79 Å². The molecule has 0 aliphatic carbocycles. The molecule has 0 atom stereocenters. The number of carbonyl (C=O) groups is 1. The van der Waals surface area contributed by atoms with Crippen LogP contribution in [0.25, 0.3) is 16.6 Å². The van der Waals surface area contributed by atoms with Crippen LogP contribution in [0.1, 0.15) is 10.4 Å².